The van der Waals surface area contributed by atoms with Gasteiger partial charge >= 0.3 is 0 Å². The number of hydrogen-bond donors (Lipinski definition) is 0. The Labute approximate surface area is 244 Å². The van der Waals surface area contributed by atoms with Gasteiger partial charge in [-0.1, -0.05) is 23.2 Å². The topological polar surface area (TPSA) is 68.1 Å². The zero-order valence-corrected chi connectivity index (χ0v) is 24.5. The van der Waals surface area contributed by atoms with Gasteiger partial charge in [0.1, 0.15) is 11.5 Å². The van der Waals surface area contributed by atoms with E-state index >= 15 is 0 Å². The third-order valence-electron chi connectivity index (χ3n) is 8.45. The lowest BCUT2D eigenvalue weighted by atomic mass is 9.60. The second kappa shape index (κ2) is 10.4. The predicted octanol–water partition coefficient (Wildman–Crippen LogP) is 6.35. The molecular formula is C32H30ClFN4O2S. The summed E-state index contributed by atoms with van der Waals surface area (Å²) >= 11 is 6.08. The van der Waals surface area contributed by atoms with Gasteiger partial charge in [-0.05, 0) is 117 Å². The Morgan fingerprint density at radius 2 is 1.85 bits per heavy atom. The number of carbonyl (C=O) groups excluding carboxylic acids is 1. The van der Waals surface area contributed by atoms with Gasteiger partial charge in [0.2, 0.25) is 0 Å². The lowest BCUT2D eigenvalue weighted by molar-refractivity contribution is 0.0749. The highest BCUT2D eigenvalue weighted by Crippen LogP contribution is 2.51. The minimum Gasteiger partial charge on any atom is -0.291 e. The number of Topliss-reactive ketones (excluding diaryl/α,β-unsaturated/α-hetero) is 1. The Balaban J connectivity index is 1.41. The van der Waals surface area contributed by atoms with Gasteiger partial charge < -0.3 is 0 Å². The van der Waals surface area contributed by atoms with E-state index in [-0.39, 0.29) is 17.6 Å². The fourth-order valence-corrected chi connectivity index (χ4v) is 7.77. The normalized spacial score (nSPS) is 21.5. The van der Waals surface area contributed by atoms with Gasteiger partial charge in [0.15, 0.2) is 5.78 Å². The number of allylic oxidation sites excluding steroid dienone is 1. The van der Waals surface area contributed by atoms with Crippen molar-refractivity contribution in [3.63, 3.8) is 0 Å². The Bertz CT molecular complexity index is 1760. The molecule has 1 saturated carbocycles. The van der Waals surface area contributed by atoms with Gasteiger partial charge in [0.05, 0.1) is 32.7 Å². The van der Waals surface area contributed by atoms with Crippen LogP contribution in [0.4, 0.5) is 4.39 Å². The van der Waals surface area contributed by atoms with Crippen molar-refractivity contribution < 1.29 is 13.4 Å². The number of pyridine rings is 1. The number of aromatic nitrogens is 3. The van der Waals surface area contributed by atoms with Crippen LogP contribution in [-0.2, 0) is 16.1 Å². The summed E-state index contributed by atoms with van der Waals surface area (Å²) in [5, 5.41) is 5.18. The zero-order valence-electron chi connectivity index (χ0n) is 22.9. The molecule has 2 heterocycles. The summed E-state index contributed by atoms with van der Waals surface area (Å²) in [5.74, 6) is 3.76. The van der Waals surface area contributed by atoms with Gasteiger partial charge in [-0.2, -0.15) is 5.10 Å². The summed E-state index contributed by atoms with van der Waals surface area (Å²) in [6.07, 6.45) is 7.81. The SMILES string of the molecule is C=S(=O)(c1ccc(Cl)cc1)N(C)[C@H]1CCC2=Cc3c(cnn3-c3ccc(F)cc3)C[C@]2(C(=O)c2ccc(C)cn2)C1. The summed E-state index contributed by atoms with van der Waals surface area (Å²) in [7, 11) is -1.00. The van der Waals surface area contributed by atoms with E-state index in [2.05, 4.69) is 22.0 Å². The van der Waals surface area contributed by atoms with Crippen molar-refractivity contribution in [2.24, 2.45) is 5.41 Å². The molecule has 2 aromatic carbocycles. The lowest BCUT2D eigenvalue weighted by Gasteiger charge is -2.46. The van der Waals surface area contributed by atoms with E-state index < -0.39 is 15.1 Å². The van der Waals surface area contributed by atoms with Crippen molar-refractivity contribution in [3.05, 3.63) is 112 Å². The zero-order chi connectivity index (χ0) is 28.9. The molecule has 0 spiro atoms. The van der Waals surface area contributed by atoms with E-state index in [4.69, 9.17) is 11.6 Å². The molecule has 0 radical (unpaired) electrons. The average molecular weight is 589 g/mol. The molecule has 2 aliphatic rings. The van der Waals surface area contributed by atoms with E-state index in [0.717, 1.165) is 28.1 Å². The summed E-state index contributed by atoms with van der Waals surface area (Å²) in [6, 6.07) is 16.6. The minimum absolute atomic E-state index is 0.0518. The largest absolute Gasteiger partial charge is 0.291 e. The molecule has 41 heavy (non-hydrogen) atoms. The second-order valence-corrected chi connectivity index (χ2v) is 13.7. The fraction of sp³-hybridized carbons (Fsp3) is 0.250. The molecular weight excluding hydrogens is 559 g/mol. The van der Waals surface area contributed by atoms with Gasteiger partial charge in [-0.15, -0.1) is 0 Å². The Morgan fingerprint density at radius 3 is 2.54 bits per heavy atom. The van der Waals surface area contributed by atoms with E-state index in [1.807, 2.05) is 24.3 Å². The Morgan fingerprint density at radius 1 is 1.12 bits per heavy atom. The fourth-order valence-electron chi connectivity index (χ4n) is 6.08. The number of carbonyl (C=O) groups is 1. The van der Waals surface area contributed by atoms with Crippen LogP contribution in [0.5, 0.6) is 0 Å². The highest BCUT2D eigenvalue weighted by molar-refractivity contribution is 7.98. The van der Waals surface area contributed by atoms with Crippen LogP contribution >= 0.6 is 11.6 Å². The molecule has 0 N–H and O–H groups in total. The van der Waals surface area contributed by atoms with Crippen LogP contribution in [0.2, 0.25) is 5.02 Å². The molecule has 2 aliphatic carbocycles. The average Bonchev–Trinajstić information content (AvgIpc) is 3.38. The molecule has 2 aromatic heterocycles. The number of rotatable bonds is 6. The first-order chi connectivity index (χ1) is 19.6. The number of benzene rings is 2. The molecule has 0 bridgehead atoms. The summed E-state index contributed by atoms with van der Waals surface area (Å²) < 4.78 is 31.3. The molecule has 210 valence electrons. The summed E-state index contributed by atoms with van der Waals surface area (Å²) in [4.78, 5) is 19.5. The number of hydrogen-bond acceptors (Lipinski definition) is 4. The van der Waals surface area contributed by atoms with E-state index in [9.17, 15) is 13.4 Å². The number of ketones is 1. The number of aryl methyl sites for hydroxylation is 1. The maximum atomic E-state index is 14.4. The molecule has 4 aromatic rings. The second-order valence-electron chi connectivity index (χ2n) is 11.0. The minimum atomic E-state index is -2.83. The number of nitrogens with zero attached hydrogens (tertiary/aromatic N) is 4. The van der Waals surface area contributed by atoms with Crippen LogP contribution < -0.4 is 0 Å². The first kappa shape index (κ1) is 27.6. The van der Waals surface area contributed by atoms with Crippen molar-refractivity contribution in [1.82, 2.24) is 19.1 Å². The smallest absolute Gasteiger partial charge is 0.191 e. The molecule has 6 nitrogen and oxygen atoms in total. The van der Waals surface area contributed by atoms with Crippen molar-refractivity contribution in [3.8, 4) is 5.69 Å². The van der Waals surface area contributed by atoms with E-state index in [1.165, 1.54) is 12.1 Å². The first-order valence-electron chi connectivity index (χ1n) is 13.5. The van der Waals surface area contributed by atoms with E-state index in [0.29, 0.717) is 41.3 Å². The highest BCUT2D eigenvalue weighted by atomic mass is 35.5. The van der Waals surface area contributed by atoms with Crippen molar-refractivity contribution in [1.29, 1.82) is 0 Å². The third-order valence-corrected chi connectivity index (χ3v) is 10.9. The third kappa shape index (κ3) is 4.84. The van der Waals surface area contributed by atoms with Gasteiger partial charge in [0.25, 0.3) is 0 Å². The van der Waals surface area contributed by atoms with Crippen LogP contribution in [-0.4, -0.2) is 48.0 Å². The van der Waals surface area contributed by atoms with Gasteiger partial charge in [-0.3, -0.25) is 9.78 Å². The summed E-state index contributed by atoms with van der Waals surface area (Å²) in [6.45, 7) is 1.94. The highest BCUT2D eigenvalue weighted by Gasteiger charge is 2.50. The number of fused-ring (bicyclic) bond motifs is 2. The Hall–Kier alpha value is -3.59. The summed E-state index contributed by atoms with van der Waals surface area (Å²) in [5.41, 5.74) is 4.08. The molecule has 3 atom stereocenters. The predicted molar refractivity (Wildman–Crippen MR) is 161 cm³/mol. The van der Waals surface area contributed by atoms with Crippen LogP contribution in [0.15, 0.2) is 83.5 Å². The molecule has 0 amide bonds. The maximum Gasteiger partial charge on any atom is 0.191 e. The van der Waals surface area contributed by atoms with Crippen LogP contribution in [0.25, 0.3) is 11.8 Å². The standard InChI is InChI=1S/C32H30ClFN4O2S/c1-21-4-15-29(35-19-21)31(39)32-17-22-20-36-38(26-11-8-25(34)9-12-26)30(22)16-23(32)5-10-27(18-32)37(2)41(3,40)28-13-6-24(33)7-14-28/h4,6-9,11-16,19-20,27H,3,5,10,17-18H2,1-2H3/t27-,32-,41?/m0/s1. The molecule has 0 saturated heterocycles. The molecule has 1 unspecified atom stereocenters. The van der Waals surface area contributed by atoms with Crippen molar-refractivity contribution in [2.45, 2.75) is 43.5 Å². The first-order valence-corrected chi connectivity index (χ1v) is 15.5. The van der Waals surface area contributed by atoms with Crippen LogP contribution in [0.3, 0.4) is 0 Å². The van der Waals surface area contributed by atoms with Gasteiger partial charge in [-0.25, -0.2) is 17.6 Å². The van der Waals surface area contributed by atoms with Crippen molar-refractivity contribution in [2.75, 3.05) is 7.05 Å². The Kier molecular flexibility index (Phi) is 6.96. The monoisotopic (exact) mass is 588 g/mol. The van der Waals surface area contributed by atoms with Crippen LogP contribution in [0.1, 0.15) is 46.6 Å². The number of halogens is 2. The van der Waals surface area contributed by atoms with Gasteiger partial charge in [0, 0.05) is 22.2 Å². The molecule has 1 fully saturated rings. The maximum absolute atomic E-state index is 14.4. The quantitative estimate of drug-likeness (QED) is 0.194. The van der Waals surface area contributed by atoms with Crippen LogP contribution in [0, 0.1) is 18.2 Å². The molecule has 9 heteroatoms. The van der Waals surface area contributed by atoms with Crippen molar-refractivity contribution >= 4 is 39.0 Å². The lowest BCUT2D eigenvalue weighted by Crippen LogP contribution is -2.49. The van der Waals surface area contributed by atoms with E-state index in [1.54, 1.807) is 59.5 Å². The molecule has 0 aliphatic heterocycles. The molecule has 6 rings (SSSR count).